The smallest absolute Gasteiger partial charge is 0.139 e. The summed E-state index contributed by atoms with van der Waals surface area (Å²) in [5.41, 5.74) is 0.822. The van der Waals surface area contributed by atoms with Crippen LogP contribution in [-0.2, 0) is 11.2 Å². The third kappa shape index (κ3) is 3.77. The van der Waals surface area contributed by atoms with Crippen molar-refractivity contribution in [3.8, 4) is 0 Å². The zero-order valence-corrected chi connectivity index (χ0v) is 10.0. The quantitative estimate of drug-likeness (QED) is 0.767. The Morgan fingerprint density at radius 3 is 3.00 bits per heavy atom. The largest absolute Gasteiger partial charge is 0.396 e. The van der Waals surface area contributed by atoms with Gasteiger partial charge in [-0.15, -0.1) is 0 Å². The molecule has 1 atom stereocenters. The third-order valence-electron chi connectivity index (χ3n) is 2.70. The Balaban J connectivity index is 2.48. The molecule has 0 fully saturated rings. The summed E-state index contributed by atoms with van der Waals surface area (Å²) in [5, 5.41) is 13.0. The van der Waals surface area contributed by atoms with Crippen molar-refractivity contribution >= 4 is 5.78 Å². The number of aromatic nitrogens is 2. The van der Waals surface area contributed by atoms with Gasteiger partial charge in [0, 0.05) is 25.3 Å². The zero-order chi connectivity index (χ0) is 12.0. The highest BCUT2D eigenvalue weighted by atomic mass is 16.3. The SMILES string of the molecule is CCC(C)n1ccc(CC(=O)CCCO)n1. The molecular weight excluding hydrogens is 204 g/mol. The highest BCUT2D eigenvalue weighted by molar-refractivity contribution is 5.80. The Kier molecular flexibility index (Phi) is 5.19. The summed E-state index contributed by atoms with van der Waals surface area (Å²) in [6.45, 7) is 4.29. The second kappa shape index (κ2) is 6.43. The molecule has 1 aromatic heterocycles. The summed E-state index contributed by atoms with van der Waals surface area (Å²) in [7, 11) is 0. The maximum Gasteiger partial charge on any atom is 0.139 e. The monoisotopic (exact) mass is 224 g/mol. The molecule has 1 heterocycles. The summed E-state index contributed by atoms with van der Waals surface area (Å²) in [5.74, 6) is 0.142. The Labute approximate surface area is 96.3 Å². The Bertz CT molecular complexity index is 334. The zero-order valence-electron chi connectivity index (χ0n) is 10.0. The van der Waals surface area contributed by atoms with Gasteiger partial charge in [-0.3, -0.25) is 9.48 Å². The number of hydrogen-bond donors (Lipinski definition) is 1. The lowest BCUT2D eigenvalue weighted by Crippen LogP contribution is -2.07. The molecule has 1 N–H and O–H groups in total. The Hall–Kier alpha value is -1.16. The van der Waals surface area contributed by atoms with E-state index in [1.807, 2.05) is 16.9 Å². The van der Waals surface area contributed by atoms with Crippen LogP contribution in [0.4, 0.5) is 0 Å². The van der Waals surface area contributed by atoms with Gasteiger partial charge in [0.15, 0.2) is 0 Å². The minimum absolute atomic E-state index is 0.0764. The molecule has 0 bridgehead atoms. The molecule has 1 aromatic rings. The fourth-order valence-corrected chi connectivity index (χ4v) is 1.47. The second-order valence-corrected chi connectivity index (χ2v) is 4.09. The molecular formula is C12H20N2O2. The second-order valence-electron chi connectivity index (χ2n) is 4.09. The van der Waals surface area contributed by atoms with Crippen LogP contribution in [-0.4, -0.2) is 27.3 Å². The van der Waals surface area contributed by atoms with Gasteiger partial charge in [0.05, 0.1) is 12.1 Å². The molecule has 4 nitrogen and oxygen atoms in total. The number of ketones is 1. The van der Waals surface area contributed by atoms with Gasteiger partial charge in [-0.2, -0.15) is 5.10 Å². The summed E-state index contributed by atoms with van der Waals surface area (Å²) >= 11 is 0. The molecule has 0 saturated heterocycles. The van der Waals surface area contributed by atoms with Crippen LogP contribution in [0.15, 0.2) is 12.3 Å². The van der Waals surface area contributed by atoms with Gasteiger partial charge < -0.3 is 5.11 Å². The van der Waals surface area contributed by atoms with Crippen molar-refractivity contribution in [1.29, 1.82) is 0 Å². The number of carbonyl (C=O) groups excluding carboxylic acids is 1. The lowest BCUT2D eigenvalue weighted by atomic mass is 10.1. The summed E-state index contributed by atoms with van der Waals surface area (Å²) in [4.78, 5) is 11.5. The highest BCUT2D eigenvalue weighted by Gasteiger charge is 2.08. The van der Waals surface area contributed by atoms with Gasteiger partial charge in [-0.05, 0) is 25.8 Å². The standard InChI is InChI=1S/C12H20N2O2/c1-3-10(2)14-7-6-11(13-14)9-12(16)5-4-8-15/h6-7,10,15H,3-5,8-9H2,1-2H3. The lowest BCUT2D eigenvalue weighted by Gasteiger charge is -2.07. The van der Waals surface area contributed by atoms with Gasteiger partial charge in [-0.1, -0.05) is 6.92 Å². The van der Waals surface area contributed by atoms with Crippen molar-refractivity contribution in [1.82, 2.24) is 9.78 Å². The van der Waals surface area contributed by atoms with E-state index in [4.69, 9.17) is 5.11 Å². The Morgan fingerprint density at radius 1 is 1.62 bits per heavy atom. The van der Waals surface area contributed by atoms with Crippen molar-refractivity contribution in [2.24, 2.45) is 0 Å². The number of carbonyl (C=O) groups is 1. The first-order chi connectivity index (χ1) is 7.67. The molecule has 0 aliphatic heterocycles. The van der Waals surface area contributed by atoms with E-state index in [1.54, 1.807) is 0 Å². The number of aliphatic hydroxyl groups is 1. The van der Waals surface area contributed by atoms with Crippen LogP contribution >= 0.6 is 0 Å². The third-order valence-corrected chi connectivity index (χ3v) is 2.70. The number of aliphatic hydroxyl groups excluding tert-OH is 1. The van der Waals surface area contributed by atoms with E-state index in [-0.39, 0.29) is 12.4 Å². The minimum Gasteiger partial charge on any atom is -0.396 e. The van der Waals surface area contributed by atoms with Gasteiger partial charge in [0.2, 0.25) is 0 Å². The van der Waals surface area contributed by atoms with Crippen LogP contribution < -0.4 is 0 Å². The maximum atomic E-state index is 11.5. The minimum atomic E-state index is 0.0764. The number of nitrogens with zero attached hydrogens (tertiary/aromatic N) is 2. The van der Waals surface area contributed by atoms with E-state index < -0.39 is 0 Å². The van der Waals surface area contributed by atoms with Crippen LogP contribution in [0.1, 0.15) is 44.8 Å². The first kappa shape index (κ1) is 12.9. The first-order valence-electron chi connectivity index (χ1n) is 5.84. The van der Waals surface area contributed by atoms with Crippen LogP contribution in [0.3, 0.4) is 0 Å². The average Bonchev–Trinajstić information content (AvgIpc) is 2.73. The normalized spacial score (nSPS) is 12.7. The van der Waals surface area contributed by atoms with Gasteiger partial charge >= 0.3 is 0 Å². The number of rotatable bonds is 7. The van der Waals surface area contributed by atoms with E-state index in [2.05, 4.69) is 18.9 Å². The first-order valence-corrected chi connectivity index (χ1v) is 5.84. The Morgan fingerprint density at radius 2 is 2.38 bits per heavy atom. The van der Waals surface area contributed by atoms with E-state index in [1.165, 1.54) is 0 Å². The molecule has 90 valence electrons. The molecule has 0 aromatic carbocycles. The summed E-state index contributed by atoms with van der Waals surface area (Å²) in [6.07, 6.45) is 4.31. The van der Waals surface area contributed by atoms with Crippen molar-refractivity contribution in [2.45, 2.75) is 45.6 Å². The van der Waals surface area contributed by atoms with Crippen LogP contribution in [0.2, 0.25) is 0 Å². The summed E-state index contributed by atoms with van der Waals surface area (Å²) < 4.78 is 1.90. The maximum absolute atomic E-state index is 11.5. The van der Waals surface area contributed by atoms with Crippen molar-refractivity contribution in [2.75, 3.05) is 6.61 Å². The fourth-order valence-electron chi connectivity index (χ4n) is 1.47. The number of hydrogen-bond acceptors (Lipinski definition) is 3. The molecule has 0 saturated carbocycles. The van der Waals surface area contributed by atoms with Crippen LogP contribution in [0.5, 0.6) is 0 Å². The molecule has 0 amide bonds. The molecule has 16 heavy (non-hydrogen) atoms. The molecule has 0 aliphatic carbocycles. The predicted molar refractivity (Wildman–Crippen MR) is 62.3 cm³/mol. The van der Waals surface area contributed by atoms with E-state index in [0.717, 1.165) is 12.1 Å². The van der Waals surface area contributed by atoms with Gasteiger partial charge in [0.25, 0.3) is 0 Å². The van der Waals surface area contributed by atoms with Crippen molar-refractivity contribution in [3.05, 3.63) is 18.0 Å². The highest BCUT2D eigenvalue weighted by Crippen LogP contribution is 2.10. The average molecular weight is 224 g/mol. The summed E-state index contributed by atoms with van der Waals surface area (Å²) in [6, 6.07) is 2.27. The predicted octanol–water partition coefficient (Wildman–Crippen LogP) is 1.74. The molecule has 1 unspecified atom stereocenters. The molecule has 4 heteroatoms. The van der Waals surface area contributed by atoms with E-state index in [9.17, 15) is 4.79 Å². The molecule has 0 spiro atoms. The molecule has 0 radical (unpaired) electrons. The van der Waals surface area contributed by atoms with Crippen LogP contribution in [0.25, 0.3) is 0 Å². The van der Waals surface area contributed by atoms with Crippen molar-refractivity contribution < 1.29 is 9.90 Å². The molecule has 0 aliphatic rings. The van der Waals surface area contributed by atoms with Gasteiger partial charge in [-0.25, -0.2) is 0 Å². The fraction of sp³-hybridized carbons (Fsp3) is 0.667. The van der Waals surface area contributed by atoms with Gasteiger partial charge in [0.1, 0.15) is 5.78 Å². The van der Waals surface area contributed by atoms with Crippen molar-refractivity contribution in [3.63, 3.8) is 0 Å². The van der Waals surface area contributed by atoms with Crippen LogP contribution in [0, 0.1) is 0 Å². The van der Waals surface area contributed by atoms with E-state index >= 15 is 0 Å². The lowest BCUT2D eigenvalue weighted by molar-refractivity contribution is -0.118. The molecule has 1 rings (SSSR count). The number of Topliss-reactive ketones (excluding diaryl/α,β-unsaturated/α-hetero) is 1. The topological polar surface area (TPSA) is 55.1 Å². The van der Waals surface area contributed by atoms with E-state index in [0.29, 0.717) is 25.3 Å².